The molecule has 0 aromatic carbocycles. The van der Waals surface area contributed by atoms with E-state index in [0.717, 1.165) is 38.5 Å². The molecule has 4 atom stereocenters. The summed E-state index contributed by atoms with van der Waals surface area (Å²) in [5.74, 6) is 0.626. The molecule has 0 spiro atoms. The van der Waals surface area contributed by atoms with Gasteiger partial charge in [0.15, 0.2) is 0 Å². The van der Waals surface area contributed by atoms with Crippen LogP contribution in [0.2, 0.25) is 0 Å². The van der Waals surface area contributed by atoms with Crippen molar-refractivity contribution in [3.05, 3.63) is 34.9 Å². The SMILES string of the molecule is CC(=O)OC1CC[C@@]2(C)C(=CC=C3C2=CC[C@]2(C)C(=O)CC[C@@H]32)C1. The van der Waals surface area contributed by atoms with Crippen molar-refractivity contribution >= 4 is 11.8 Å². The van der Waals surface area contributed by atoms with Crippen LogP contribution in [0.15, 0.2) is 34.9 Å². The molecule has 2 saturated carbocycles. The fourth-order valence-electron chi connectivity index (χ4n) is 5.47. The molecule has 0 saturated heterocycles. The average Bonchev–Trinajstić information content (AvgIpc) is 2.83. The number of hydrogen-bond acceptors (Lipinski definition) is 3. The van der Waals surface area contributed by atoms with Crippen LogP contribution >= 0.6 is 0 Å². The second-order valence-corrected chi connectivity index (χ2v) is 8.37. The van der Waals surface area contributed by atoms with E-state index < -0.39 is 0 Å². The number of esters is 1. The highest BCUT2D eigenvalue weighted by atomic mass is 16.5. The fraction of sp³-hybridized carbons (Fsp3) is 0.619. The Morgan fingerprint density at radius 2 is 2.04 bits per heavy atom. The van der Waals surface area contributed by atoms with Gasteiger partial charge < -0.3 is 4.74 Å². The molecule has 0 N–H and O–H groups in total. The summed E-state index contributed by atoms with van der Waals surface area (Å²) in [4.78, 5) is 23.7. The predicted octanol–water partition coefficient (Wildman–Crippen LogP) is 4.29. The molecule has 1 unspecified atom stereocenters. The zero-order valence-electron chi connectivity index (χ0n) is 14.9. The Hall–Kier alpha value is -1.64. The van der Waals surface area contributed by atoms with Crippen LogP contribution in [0, 0.1) is 16.7 Å². The molecule has 3 nitrogen and oxygen atoms in total. The van der Waals surface area contributed by atoms with Crippen LogP contribution in [0.4, 0.5) is 0 Å². The number of Topliss-reactive ketones (excluding diaryl/α,β-unsaturated/α-hetero) is 1. The van der Waals surface area contributed by atoms with E-state index in [1.54, 1.807) is 0 Å². The van der Waals surface area contributed by atoms with Gasteiger partial charge in [-0.15, -0.1) is 0 Å². The van der Waals surface area contributed by atoms with Crippen molar-refractivity contribution in [2.24, 2.45) is 16.7 Å². The largest absolute Gasteiger partial charge is 0.462 e. The normalized spacial score (nSPS) is 40.6. The van der Waals surface area contributed by atoms with Crippen LogP contribution in [0.1, 0.15) is 59.3 Å². The van der Waals surface area contributed by atoms with E-state index in [1.165, 1.54) is 23.6 Å². The first-order chi connectivity index (χ1) is 11.3. The summed E-state index contributed by atoms with van der Waals surface area (Å²) in [5, 5.41) is 0. The molecule has 0 aliphatic heterocycles. The Balaban J connectivity index is 1.70. The third kappa shape index (κ3) is 2.09. The van der Waals surface area contributed by atoms with Gasteiger partial charge in [0.25, 0.3) is 0 Å². The number of carbonyl (C=O) groups is 2. The summed E-state index contributed by atoms with van der Waals surface area (Å²) in [7, 11) is 0. The highest BCUT2D eigenvalue weighted by Crippen LogP contribution is 2.60. The minimum atomic E-state index is -0.189. The van der Waals surface area contributed by atoms with Gasteiger partial charge in [0.1, 0.15) is 11.9 Å². The zero-order valence-corrected chi connectivity index (χ0v) is 14.9. The van der Waals surface area contributed by atoms with Crippen LogP contribution in [0.5, 0.6) is 0 Å². The number of fused-ring (bicyclic) bond motifs is 5. The molecule has 0 amide bonds. The Labute approximate surface area is 143 Å². The van der Waals surface area contributed by atoms with Crippen LogP contribution in [-0.2, 0) is 14.3 Å². The van der Waals surface area contributed by atoms with E-state index in [0.29, 0.717) is 11.7 Å². The van der Waals surface area contributed by atoms with Gasteiger partial charge in [0.05, 0.1) is 0 Å². The molecule has 0 bridgehead atoms. The minimum Gasteiger partial charge on any atom is -0.462 e. The van der Waals surface area contributed by atoms with Gasteiger partial charge in [-0.1, -0.05) is 37.6 Å². The predicted molar refractivity (Wildman–Crippen MR) is 92.2 cm³/mol. The fourth-order valence-corrected chi connectivity index (χ4v) is 5.47. The number of ether oxygens (including phenoxy) is 1. The van der Waals surface area contributed by atoms with Crippen molar-refractivity contribution in [3.8, 4) is 0 Å². The molecule has 0 heterocycles. The van der Waals surface area contributed by atoms with Crippen LogP contribution in [0.3, 0.4) is 0 Å². The molecule has 0 aromatic rings. The standard InChI is InChI=1S/C21H26O3/c1-13(22)24-15-8-10-20(2)14(12-15)4-5-16-17-6-7-19(23)21(17,3)11-9-18(16)20/h4-5,9,15,17H,6-8,10-12H2,1-3H3/t15?,17-,20-,21-/m0/s1. The van der Waals surface area contributed by atoms with Gasteiger partial charge >= 0.3 is 5.97 Å². The molecule has 0 aromatic heterocycles. The number of carbonyl (C=O) groups excluding carboxylic acids is 2. The molecule has 0 radical (unpaired) electrons. The molecule has 24 heavy (non-hydrogen) atoms. The monoisotopic (exact) mass is 326 g/mol. The first-order valence-corrected chi connectivity index (χ1v) is 9.17. The van der Waals surface area contributed by atoms with Gasteiger partial charge in [0, 0.05) is 30.6 Å². The van der Waals surface area contributed by atoms with Gasteiger partial charge in [-0.3, -0.25) is 9.59 Å². The van der Waals surface area contributed by atoms with E-state index in [2.05, 4.69) is 32.1 Å². The molecule has 128 valence electrons. The van der Waals surface area contributed by atoms with Crippen molar-refractivity contribution in [2.45, 2.75) is 65.4 Å². The van der Waals surface area contributed by atoms with E-state index in [9.17, 15) is 9.59 Å². The summed E-state index contributed by atoms with van der Waals surface area (Å²) in [6.07, 6.45) is 12.2. The number of rotatable bonds is 1. The Kier molecular flexibility index (Phi) is 3.42. The van der Waals surface area contributed by atoms with Crippen molar-refractivity contribution in [3.63, 3.8) is 0 Å². The summed E-state index contributed by atoms with van der Waals surface area (Å²) >= 11 is 0. The van der Waals surface area contributed by atoms with Crippen molar-refractivity contribution < 1.29 is 14.3 Å². The topological polar surface area (TPSA) is 43.4 Å². The molecule has 4 rings (SSSR count). The van der Waals surface area contributed by atoms with E-state index in [-0.39, 0.29) is 22.9 Å². The van der Waals surface area contributed by atoms with Crippen LogP contribution in [0.25, 0.3) is 0 Å². The first-order valence-electron chi connectivity index (χ1n) is 9.17. The lowest BCUT2D eigenvalue weighted by Gasteiger charge is -2.48. The lowest BCUT2D eigenvalue weighted by atomic mass is 9.56. The summed E-state index contributed by atoms with van der Waals surface area (Å²) in [6, 6.07) is 0. The van der Waals surface area contributed by atoms with E-state index >= 15 is 0 Å². The molecular weight excluding hydrogens is 300 g/mol. The number of hydrogen-bond donors (Lipinski definition) is 0. The summed E-state index contributed by atoms with van der Waals surface area (Å²) < 4.78 is 5.46. The Morgan fingerprint density at radius 3 is 2.79 bits per heavy atom. The molecule has 4 aliphatic carbocycles. The Bertz CT molecular complexity index is 711. The molecule has 4 aliphatic rings. The number of ketones is 1. The van der Waals surface area contributed by atoms with Gasteiger partial charge in [-0.25, -0.2) is 0 Å². The molecular formula is C21H26O3. The molecule has 3 heteroatoms. The van der Waals surface area contributed by atoms with Gasteiger partial charge in [-0.05, 0) is 42.7 Å². The van der Waals surface area contributed by atoms with Gasteiger partial charge in [-0.2, -0.15) is 0 Å². The Morgan fingerprint density at radius 1 is 1.25 bits per heavy atom. The maximum atomic E-state index is 12.4. The first kappa shape index (κ1) is 15.9. The number of allylic oxidation sites excluding steroid dienone is 5. The second-order valence-electron chi connectivity index (χ2n) is 8.37. The van der Waals surface area contributed by atoms with Crippen LogP contribution in [-0.4, -0.2) is 17.9 Å². The lowest BCUT2D eigenvalue weighted by Crippen LogP contribution is -2.40. The third-order valence-electron chi connectivity index (χ3n) is 7.00. The molecule has 2 fully saturated rings. The van der Waals surface area contributed by atoms with Gasteiger partial charge in [0.2, 0.25) is 0 Å². The maximum Gasteiger partial charge on any atom is 0.302 e. The maximum absolute atomic E-state index is 12.4. The second kappa shape index (κ2) is 5.18. The van der Waals surface area contributed by atoms with Crippen molar-refractivity contribution in [1.82, 2.24) is 0 Å². The quantitative estimate of drug-likeness (QED) is 0.675. The zero-order chi connectivity index (χ0) is 17.1. The smallest absolute Gasteiger partial charge is 0.302 e. The van der Waals surface area contributed by atoms with Crippen molar-refractivity contribution in [2.75, 3.05) is 0 Å². The lowest BCUT2D eigenvalue weighted by molar-refractivity contribution is -0.147. The third-order valence-corrected chi connectivity index (χ3v) is 7.00. The highest BCUT2D eigenvalue weighted by molar-refractivity contribution is 5.88. The summed E-state index contributed by atoms with van der Waals surface area (Å²) in [6.45, 7) is 5.98. The average molecular weight is 326 g/mol. The summed E-state index contributed by atoms with van der Waals surface area (Å²) in [5.41, 5.74) is 4.08. The minimum absolute atomic E-state index is 0.0132. The van der Waals surface area contributed by atoms with E-state index in [4.69, 9.17) is 4.74 Å². The highest BCUT2D eigenvalue weighted by Gasteiger charge is 2.53. The van der Waals surface area contributed by atoms with Crippen molar-refractivity contribution in [1.29, 1.82) is 0 Å². The van der Waals surface area contributed by atoms with Crippen LogP contribution < -0.4 is 0 Å². The van der Waals surface area contributed by atoms with E-state index in [1.807, 2.05) is 0 Å².